The monoisotopic (exact) mass is 304 g/mol. The van der Waals surface area contributed by atoms with Gasteiger partial charge in [0.05, 0.1) is 6.61 Å². The summed E-state index contributed by atoms with van der Waals surface area (Å²) in [6, 6.07) is 4.07. The highest BCUT2D eigenvalue weighted by molar-refractivity contribution is 6.00. The van der Waals surface area contributed by atoms with Crippen molar-refractivity contribution in [2.75, 3.05) is 33.4 Å². The van der Waals surface area contributed by atoms with Crippen molar-refractivity contribution in [3.05, 3.63) is 34.6 Å². The second-order valence-corrected chi connectivity index (χ2v) is 5.46. The number of carbonyl (C=O) groups is 1. The molecular weight excluding hydrogens is 280 g/mol. The van der Waals surface area contributed by atoms with E-state index in [9.17, 15) is 4.79 Å². The number of rotatable bonds is 7. The van der Waals surface area contributed by atoms with Crippen LogP contribution < -0.4 is 10.6 Å². The van der Waals surface area contributed by atoms with Crippen LogP contribution in [0, 0.1) is 20.8 Å². The Hall–Kier alpha value is -1.85. The van der Waals surface area contributed by atoms with Crippen LogP contribution in [-0.4, -0.2) is 39.3 Å². The maximum Gasteiger partial charge on any atom is 0.287 e. The first-order valence-electron chi connectivity index (χ1n) is 7.53. The fourth-order valence-electron chi connectivity index (χ4n) is 2.54. The third kappa shape index (κ3) is 3.48. The highest BCUT2D eigenvalue weighted by Gasteiger charge is 2.19. The summed E-state index contributed by atoms with van der Waals surface area (Å²) in [5.41, 5.74) is 3.88. The molecule has 2 rings (SSSR count). The van der Waals surface area contributed by atoms with Crippen molar-refractivity contribution in [3.8, 4) is 0 Å². The number of ether oxygens (including phenoxy) is 1. The Morgan fingerprint density at radius 2 is 1.86 bits per heavy atom. The van der Waals surface area contributed by atoms with E-state index in [2.05, 4.69) is 16.7 Å². The smallest absolute Gasteiger partial charge is 0.287 e. The minimum Gasteiger partial charge on any atom is -0.450 e. The summed E-state index contributed by atoms with van der Waals surface area (Å²) >= 11 is 0. The molecule has 120 valence electrons. The van der Waals surface area contributed by atoms with Gasteiger partial charge < -0.3 is 19.8 Å². The molecule has 5 heteroatoms. The molecule has 0 atom stereocenters. The van der Waals surface area contributed by atoms with Crippen LogP contribution >= 0.6 is 0 Å². The quantitative estimate of drug-likeness (QED) is 0.771. The summed E-state index contributed by atoms with van der Waals surface area (Å²) in [5, 5.41) is 7.11. The molecule has 5 nitrogen and oxygen atoms in total. The van der Waals surface area contributed by atoms with E-state index >= 15 is 0 Å². The van der Waals surface area contributed by atoms with Gasteiger partial charge in [0.1, 0.15) is 5.58 Å². The molecule has 0 aliphatic carbocycles. The number of fused-ring (bicyclic) bond motifs is 1. The zero-order valence-electron chi connectivity index (χ0n) is 13.7. The molecule has 22 heavy (non-hydrogen) atoms. The van der Waals surface area contributed by atoms with Crippen LogP contribution in [0.1, 0.15) is 27.2 Å². The molecule has 0 saturated carbocycles. The SMILES string of the molecule is COCCNCCNC(=O)c1oc2c(C)ccc(C)c2c1C. The van der Waals surface area contributed by atoms with Crippen molar-refractivity contribution < 1.29 is 13.9 Å². The van der Waals surface area contributed by atoms with Crippen molar-refractivity contribution in [1.29, 1.82) is 0 Å². The number of furan rings is 1. The second kappa shape index (κ2) is 7.42. The van der Waals surface area contributed by atoms with Crippen molar-refractivity contribution in [2.24, 2.45) is 0 Å². The van der Waals surface area contributed by atoms with Crippen LogP contribution in [0.5, 0.6) is 0 Å². The maximum absolute atomic E-state index is 12.3. The van der Waals surface area contributed by atoms with E-state index in [1.54, 1.807) is 7.11 Å². The third-order valence-corrected chi connectivity index (χ3v) is 3.76. The number of methoxy groups -OCH3 is 1. The molecule has 0 aliphatic heterocycles. The van der Waals surface area contributed by atoms with Crippen LogP contribution in [0.15, 0.2) is 16.5 Å². The highest BCUT2D eigenvalue weighted by atomic mass is 16.5. The molecule has 0 bridgehead atoms. The number of hydrogen-bond acceptors (Lipinski definition) is 4. The lowest BCUT2D eigenvalue weighted by Crippen LogP contribution is -2.33. The molecule has 1 aromatic carbocycles. The fraction of sp³-hybridized carbons (Fsp3) is 0.471. The maximum atomic E-state index is 12.3. The first-order chi connectivity index (χ1) is 10.6. The summed E-state index contributed by atoms with van der Waals surface area (Å²) in [4.78, 5) is 12.3. The van der Waals surface area contributed by atoms with Gasteiger partial charge in [-0.05, 0) is 31.9 Å². The van der Waals surface area contributed by atoms with Crippen molar-refractivity contribution in [1.82, 2.24) is 10.6 Å². The molecule has 2 aromatic rings. The van der Waals surface area contributed by atoms with Gasteiger partial charge in [-0.25, -0.2) is 0 Å². The molecule has 1 amide bonds. The lowest BCUT2D eigenvalue weighted by atomic mass is 10.0. The Bertz CT molecular complexity index is 661. The van der Waals surface area contributed by atoms with Crippen LogP contribution in [-0.2, 0) is 4.74 Å². The van der Waals surface area contributed by atoms with Gasteiger partial charge in [0.15, 0.2) is 5.76 Å². The molecule has 0 aliphatic rings. The number of hydrogen-bond donors (Lipinski definition) is 2. The summed E-state index contributed by atoms with van der Waals surface area (Å²) in [5.74, 6) is 0.241. The fourth-order valence-corrected chi connectivity index (χ4v) is 2.54. The van der Waals surface area contributed by atoms with Crippen LogP contribution in [0.3, 0.4) is 0 Å². The Balaban J connectivity index is 2.04. The van der Waals surface area contributed by atoms with E-state index in [-0.39, 0.29) is 5.91 Å². The third-order valence-electron chi connectivity index (χ3n) is 3.76. The normalized spacial score (nSPS) is 11.1. The van der Waals surface area contributed by atoms with E-state index < -0.39 is 0 Å². The van der Waals surface area contributed by atoms with E-state index in [1.165, 1.54) is 0 Å². The Labute approximate surface area is 131 Å². The molecule has 0 saturated heterocycles. The average molecular weight is 304 g/mol. The minimum absolute atomic E-state index is 0.166. The Morgan fingerprint density at radius 3 is 2.55 bits per heavy atom. The summed E-state index contributed by atoms with van der Waals surface area (Å²) in [6.07, 6.45) is 0. The van der Waals surface area contributed by atoms with Gasteiger partial charge >= 0.3 is 0 Å². The van der Waals surface area contributed by atoms with Crippen LogP contribution in [0.2, 0.25) is 0 Å². The number of carbonyl (C=O) groups excluding carboxylic acids is 1. The molecule has 0 fully saturated rings. The highest BCUT2D eigenvalue weighted by Crippen LogP contribution is 2.30. The van der Waals surface area contributed by atoms with E-state index in [0.717, 1.165) is 34.2 Å². The number of nitrogens with one attached hydrogen (secondary N) is 2. The lowest BCUT2D eigenvalue weighted by Gasteiger charge is -2.05. The van der Waals surface area contributed by atoms with Crippen molar-refractivity contribution in [3.63, 3.8) is 0 Å². The number of aryl methyl sites for hydroxylation is 3. The topological polar surface area (TPSA) is 63.5 Å². The van der Waals surface area contributed by atoms with Gasteiger partial charge in [0, 0.05) is 37.7 Å². The Morgan fingerprint density at radius 1 is 1.14 bits per heavy atom. The van der Waals surface area contributed by atoms with Gasteiger partial charge in [-0.2, -0.15) is 0 Å². The van der Waals surface area contributed by atoms with Gasteiger partial charge in [-0.1, -0.05) is 12.1 Å². The minimum atomic E-state index is -0.166. The van der Waals surface area contributed by atoms with Crippen molar-refractivity contribution in [2.45, 2.75) is 20.8 Å². The first-order valence-corrected chi connectivity index (χ1v) is 7.53. The second-order valence-electron chi connectivity index (χ2n) is 5.46. The van der Waals surface area contributed by atoms with Crippen LogP contribution in [0.4, 0.5) is 0 Å². The van der Waals surface area contributed by atoms with Gasteiger partial charge in [-0.15, -0.1) is 0 Å². The summed E-state index contributed by atoms with van der Waals surface area (Å²) in [6.45, 7) is 8.65. The average Bonchev–Trinajstić information content (AvgIpc) is 2.85. The summed E-state index contributed by atoms with van der Waals surface area (Å²) < 4.78 is 10.8. The molecule has 2 N–H and O–H groups in total. The molecule has 1 heterocycles. The van der Waals surface area contributed by atoms with Crippen LogP contribution in [0.25, 0.3) is 11.0 Å². The molecule has 1 aromatic heterocycles. The zero-order valence-corrected chi connectivity index (χ0v) is 13.7. The standard InChI is InChI=1S/C17H24N2O3/c1-11-5-6-12(2)15-14(11)13(3)16(22-15)17(20)19-8-7-18-9-10-21-4/h5-6,18H,7-10H2,1-4H3,(H,19,20). The number of benzene rings is 1. The molecule has 0 unspecified atom stereocenters. The number of amides is 1. The van der Waals surface area contributed by atoms with Gasteiger partial charge in [0.2, 0.25) is 0 Å². The zero-order chi connectivity index (χ0) is 16.1. The molecule has 0 spiro atoms. The Kier molecular flexibility index (Phi) is 5.57. The van der Waals surface area contributed by atoms with Crippen molar-refractivity contribution >= 4 is 16.9 Å². The molecular formula is C17H24N2O3. The largest absolute Gasteiger partial charge is 0.450 e. The predicted molar refractivity (Wildman–Crippen MR) is 87.5 cm³/mol. The lowest BCUT2D eigenvalue weighted by molar-refractivity contribution is 0.0927. The molecule has 0 radical (unpaired) electrons. The van der Waals surface area contributed by atoms with E-state index in [0.29, 0.717) is 25.5 Å². The van der Waals surface area contributed by atoms with E-state index in [4.69, 9.17) is 9.15 Å². The van der Waals surface area contributed by atoms with E-state index in [1.807, 2.05) is 26.8 Å². The summed E-state index contributed by atoms with van der Waals surface area (Å²) in [7, 11) is 1.66. The first kappa shape index (κ1) is 16.5. The predicted octanol–water partition coefficient (Wildman–Crippen LogP) is 2.32. The van der Waals surface area contributed by atoms with Gasteiger partial charge in [-0.3, -0.25) is 4.79 Å². The van der Waals surface area contributed by atoms with Gasteiger partial charge in [0.25, 0.3) is 5.91 Å².